The van der Waals surface area contributed by atoms with Crippen LogP contribution in [0.1, 0.15) is 22.2 Å². The zero-order valence-corrected chi connectivity index (χ0v) is 13.2. The number of hydrogen-bond acceptors (Lipinski definition) is 5. The van der Waals surface area contributed by atoms with Crippen molar-refractivity contribution < 1.29 is 0 Å². The highest BCUT2D eigenvalue weighted by molar-refractivity contribution is 7.11. The van der Waals surface area contributed by atoms with Crippen molar-refractivity contribution in [1.82, 2.24) is 14.1 Å². The Morgan fingerprint density at radius 2 is 2.10 bits per heavy atom. The molecule has 0 saturated carbocycles. The van der Waals surface area contributed by atoms with E-state index in [0.717, 1.165) is 24.0 Å². The third-order valence-electron chi connectivity index (χ3n) is 3.31. The maximum atomic E-state index is 4.38. The molecule has 0 amide bonds. The van der Waals surface area contributed by atoms with Crippen LogP contribution in [0.5, 0.6) is 0 Å². The maximum absolute atomic E-state index is 4.38. The van der Waals surface area contributed by atoms with Crippen molar-refractivity contribution in [2.45, 2.75) is 32.9 Å². The molecule has 2 aromatic heterocycles. The van der Waals surface area contributed by atoms with E-state index in [1.807, 2.05) is 23.5 Å². The van der Waals surface area contributed by atoms with Crippen LogP contribution in [0.15, 0.2) is 30.3 Å². The van der Waals surface area contributed by atoms with Crippen LogP contribution in [0.2, 0.25) is 0 Å². The largest absolute Gasteiger partial charge is 0.310 e. The molecule has 1 N–H and O–H groups in total. The molecular weight excluding hydrogens is 286 g/mol. The summed E-state index contributed by atoms with van der Waals surface area (Å²) in [6.45, 7) is 5.23. The van der Waals surface area contributed by atoms with Gasteiger partial charge in [-0.3, -0.25) is 0 Å². The number of benzene rings is 1. The zero-order chi connectivity index (χ0) is 13.9. The fourth-order valence-electron chi connectivity index (χ4n) is 2.26. The lowest BCUT2D eigenvalue weighted by Gasteiger charge is -2.13. The lowest BCUT2D eigenvalue weighted by molar-refractivity contribution is 0.550. The minimum atomic E-state index is 0.454. The molecule has 0 spiro atoms. The van der Waals surface area contributed by atoms with Gasteiger partial charge in [0.05, 0.1) is 11.7 Å². The molecule has 0 bridgehead atoms. The van der Waals surface area contributed by atoms with Crippen LogP contribution in [0.3, 0.4) is 0 Å². The normalized spacial score (nSPS) is 12.9. The monoisotopic (exact) mass is 303 g/mol. The molecule has 2 heterocycles. The first kappa shape index (κ1) is 13.7. The number of aromatic nitrogens is 2. The van der Waals surface area contributed by atoms with E-state index < -0.39 is 0 Å². The molecule has 3 rings (SSSR count). The van der Waals surface area contributed by atoms with Gasteiger partial charge in [-0.25, -0.2) is 0 Å². The van der Waals surface area contributed by atoms with Gasteiger partial charge in [-0.15, -0.1) is 11.3 Å². The molecule has 1 unspecified atom stereocenters. The number of fused-ring (bicyclic) bond motifs is 1. The number of aryl methyl sites for hydroxylation is 1. The molecule has 1 atom stereocenters. The molecule has 0 saturated heterocycles. The second-order valence-corrected chi connectivity index (χ2v) is 6.95. The predicted molar refractivity (Wildman–Crippen MR) is 86.5 cm³/mol. The third kappa shape index (κ3) is 3.06. The highest BCUT2D eigenvalue weighted by atomic mass is 32.1. The summed E-state index contributed by atoms with van der Waals surface area (Å²) in [5, 5.41) is 3.58. The van der Waals surface area contributed by atoms with Crippen molar-refractivity contribution in [3.05, 3.63) is 45.6 Å². The van der Waals surface area contributed by atoms with E-state index in [9.17, 15) is 0 Å². The van der Waals surface area contributed by atoms with Crippen molar-refractivity contribution in [2.75, 3.05) is 0 Å². The summed E-state index contributed by atoms with van der Waals surface area (Å²) in [6.07, 6.45) is 1.07. The summed E-state index contributed by atoms with van der Waals surface area (Å²) in [4.78, 5) is 2.82. The molecule has 20 heavy (non-hydrogen) atoms. The molecule has 0 aliphatic heterocycles. The fraction of sp³-hybridized carbons (Fsp3) is 0.333. The standard InChI is InChI=1S/C15H17N3S2/c1-10(8-13-7-6-11(2)19-13)16-9-12-4-3-5-14-15(12)18-20-17-14/h3-7,10,16H,8-9H2,1-2H3. The summed E-state index contributed by atoms with van der Waals surface area (Å²) >= 11 is 3.16. The molecule has 0 aliphatic carbocycles. The highest BCUT2D eigenvalue weighted by Crippen LogP contribution is 2.18. The lowest BCUT2D eigenvalue weighted by atomic mass is 10.1. The Bertz CT molecular complexity index is 702. The Morgan fingerprint density at radius 3 is 2.90 bits per heavy atom. The van der Waals surface area contributed by atoms with E-state index in [4.69, 9.17) is 0 Å². The van der Waals surface area contributed by atoms with Crippen LogP contribution in [0, 0.1) is 6.92 Å². The second-order valence-electron chi connectivity index (χ2n) is 5.05. The molecule has 5 heteroatoms. The average molecular weight is 303 g/mol. The first-order valence-corrected chi connectivity index (χ1v) is 8.26. The van der Waals surface area contributed by atoms with Gasteiger partial charge in [-0.05, 0) is 44.0 Å². The summed E-state index contributed by atoms with van der Waals surface area (Å²) in [5.41, 5.74) is 3.26. The van der Waals surface area contributed by atoms with Gasteiger partial charge in [0.2, 0.25) is 0 Å². The minimum Gasteiger partial charge on any atom is -0.310 e. The molecule has 0 fully saturated rings. The molecule has 1 aromatic carbocycles. The number of thiophene rings is 1. The van der Waals surface area contributed by atoms with E-state index in [-0.39, 0.29) is 0 Å². The Labute approximate surface area is 127 Å². The van der Waals surface area contributed by atoms with Gasteiger partial charge >= 0.3 is 0 Å². The van der Waals surface area contributed by atoms with Crippen molar-refractivity contribution in [1.29, 1.82) is 0 Å². The van der Waals surface area contributed by atoms with E-state index in [2.05, 4.69) is 46.1 Å². The molecule has 3 aromatic rings. The minimum absolute atomic E-state index is 0.454. The molecule has 3 nitrogen and oxygen atoms in total. The van der Waals surface area contributed by atoms with Crippen molar-refractivity contribution in [2.24, 2.45) is 0 Å². The van der Waals surface area contributed by atoms with Gasteiger partial charge in [0.1, 0.15) is 11.0 Å². The van der Waals surface area contributed by atoms with Crippen LogP contribution in [-0.4, -0.2) is 14.8 Å². The first-order chi connectivity index (χ1) is 9.72. The van der Waals surface area contributed by atoms with E-state index in [0.29, 0.717) is 6.04 Å². The van der Waals surface area contributed by atoms with Gasteiger partial charge in [0.25, 0.3) is 0 Å². The van der Waals surface area contributed by atoms with E-state index >= 15 is 0 Å². The lowest BCUT2D eigenvalue weighted by Crippen LogP contribution is -2.27. The van der Waals surface area contributed by atoms with Crippen molar-refractivity contribution >= 4 is 34.1 Å². The topological polar surface area (TPSA) is 37.8 Å². The Balaban J connectivity index is 1.62. The third-order valence-corrected chi connectivity index (χ3v) is 4.88. The van der Waals surface area contributed by atoms with Crippen molar-refractivity contribution in [3.63, 3.8) is 0 Å². The van der Waals surface area contributed by atoms with Gasteiger partial charge in [-0.1, -0.05) is 12.1 Å². The first-order valence-electron chi connectivity index (χ1n) is 6.71. The van der Waals surface area contributed by atoms with Gasteiger partial charge in [-0.2, -0.15) is 8.75 Å². The van der Waals surface area contributed by atoms with Gasteiger partial charge in [0, 0.05) is 22.3 Å². The molecule has 104 valence electrons. The number of hydrogen-bond donors (Lipinski definition) is 1. The number of nitrogens with one attached hydrogen (secondary N) is 1. The summed E-state index contributed by atoms with van der Waals surface area (Å²) in [7, 11) is 0. The Kier molecular flexibility index (Phi) is 4.10. The van der Waals surface area contributed by atoms with Crippen molar-refractivity contribution in [3.8, 4) is 0 Å². The summed E-state index contributed by atoms with van der Waals surface area (Å²) in [5.74, 6) is 0. The molecule has 0 radical (unpaired) electrons. The van der Waals surface area contributed by atoms with Crippen LogP contribution in [0.25, 0.3) is 11.0 Å². The van der Waals surface area contributed by atoms with Gasteiger partial charge < -0.3 is 5.32 Å². The van der Waals surface area contributed by atoms with Crippen LogP contribution < -0.4 is 5.32 Å². The second kappa shape index (κ2) is 5.99. The summed E-state index contributed by atoms with van der Waals surface area (Å²) < 4.78 is 8.66. The quantitative estimate of drug-likeness (QED) is 0.779. The molecule has 0 aliphatic rings. The average Bonchev–Trinajstić information content (AvgIpc) is 3.05. The van der Waals surface area contributed by atoms with Crippen LogP contribution in [0.4, 0.5) is 0 Å². The van der Waals surface area contributed by atoms with Crippen LogP contribution in [-0.2, 0) is 13.0 Å². The molecular formula is C15H17N3S2. The Hall–Kier alpha value is -1.30. The maximum Gasteiger partial charge on any atom is 0.109 e. The van der Waals surface area contributed by atoms with E-state index in [1.54, 1.807) is 0 Å². The Morgan fingerprint density at radius 1 is 1.20 bits per heavy atom. The fourth-order valence-corrected chi connectivity index (χ4v) is 3.85. The number of rotatable bonds is 5. The van der Waals surface area contributed by atoms with Gasteiger partial charge in [0.15, 0.2) is 0 Å². The highest BCUT2D eigenvalue weighted by Gasteiger charge is 2.08. The van der Waals surface area contributed by atoms with E-state index in [1.165, 1.54) is 27.0 Å². The SMILES string of the molecule is Cc1ccc(CC(C)NCc2cccc3nsnc23)s1. The van der Waals surface area contributed by atoms with Crippen LogP contribution >= 0.6 is 23.1 Å². The number of nitrogens with zero attached hydrogens (tertiary/aromatic N) is 2. The zero-order valence-electron chi connectivity index (χ0n) is 11.6. The smallest absolute Gasteiger partial charge is 0.109 e. The predicted octanol–water partition coefficient (Wildman–Crippen LogP) is 3.78. The summed E-state index contributed by atoms with van der Waals surface area (Å²) in [6, 6.07) is 11.1.